The number of aromatic carboxylic acids is 1. The van der Waals surface area contributed by atoms with Gasteiger partial charge in [-0.25, -0.2) is 4.79 Å². The van der Waals surface area contributed by atoms with Crippen molar-refractivity contribution in [1.29, 1.82) is 0 Å². The topological polar surface area (TPSA) is 63.3 Å². The van der Waals surface area contributed by atoms with Crippen molar-refractivity contribution in [3.05, 3.63) is 39.2 Å². The summed E-state index contributed by atoms with van der Waals surface area (Å²) in [5.74, 6) is -0.981. The molecular formula is C12H10BrNO2S. The van der Waals surface area contributed by atoms with Crippen molar-refractivity contribution in [2.75, 3.05) is 5.73 Å². The number of aryl methyl sites for hydroxylation is 1. The summed E-state index contributed by atoms with van der Waals surface area (Å²) in [6.07, 6.45) is 0. The van der Waals surface area contributed by atoms with E-state index < -0.39 is 5.97 Å². The van der Waals surface area contributed by atoms with Gasteiger partial charge in [-0.2, -0.15) is 0 Å². The van der Waals surface area contributed by atoms with Crippen LogP contribution >= 0.6 is 27.3 Å². The lowest BCUT2D eigenvalue weighted by atomic mass is 10.1. The highest BCUT2D eigenvalue weighted by Gasteiger charge is 2.14. The molecule has 5 heteroatoms. The van der Waals surface area contributed by atoms with Crippen molar-refractivity contribution in [3.8, 4) is 10.4 Å². The van der Waals surface area contributed by atoms with Crippen LogP contribution in [0.4, 0.5) is 5.69 Å². The van der Waals surface area contributed by atoms with Gasteiger partial charge in [0.05, 0.1) is 5.69 Å². The zero-order valence-electron chi connectivity index (χ0n) is 9.03. The van der Waals surface area contributed by atoms with Crippen LogP contribution in [-0.4, -0.2) is 11.1 Å². The first-order valence-corrected chi connectivity index (χ1v) is 6.48. The Hall–Kier alpha value is -1.33. The Kier molecular flexibility index (Phi) is 3.22. The number of hydrogen-bond acceptors (Lipinski definition) is 3. The second kappa shape index (κ2) is 4.50. The Morgan fingerprint density at radius 3 is 2.59 bits per heavy atom. The first-order valence-electron chi connectivity index (χ1n) is 4.87. The SMILES string of the molecule is Cc1cc(Br)cc(-c2cc(N)c(C(=O)O)s2)c1. The number of carboxylic acids is 1. The molecule has 2 rings (SSSR count). The van der Waals surface area contributed by atoms with E-state index in [0.717, 1.165) is 20.5 Å². The van der Waals surface area contributed by atoms with Gasteiger partial charge in [0.2, 0.25) is 0 Å². The minimum Gasteiger partial charge on any atom is -0.477 e. The molecule has 0 unspecified atom stereocenters. The van der Waals surface area contributed by atoms with Crippen LogP contribution in [0.25, 0.3) is 10.4 Å². The van der Waals surface area contributed by atoms with E-state index in [-0.39, 0.29) is 4.88 Å². The fourth-order valence-electron chi connectivity index (χ4n) is 1.59. The van der Waals surface area contributed by atoms with Crippen molar-refractivity contribution < 1.29 is 9.90 Å². The van der Waals surface area contributed by atoms with Gasteiger partial charge in [0.25, 0.3) is 0 Å². The average Bonchev–Trinajstić information content (AvgIpc) is 2.59. The van der Waals surface area contributed by atoms with E-state index in [9.17, 15) is 4.79 Å². The summed E-state index contributed by atoms with van der Waals surface area (Å²) in [6, 6.07) is 7.65. The highest BCUT2D eigenvalue weighted by Crippen LogP contribution is 2.34. The standard InChI is InChI=1S/C12H10BrNO2S/c1-6-2-7(4-8(13)3-6)10-5-9(14)11(17-10)12(15)16/h2-5H,14H2,1H3,(H,15,16). The van der Waals surface area contributed by atoms with Gasteiger partial charge in [-0.3, -0.25) is 0 Å². The lowest BCUT2D eigenvalue weighted by molar-refractivity contribution is 0.0703. The molecule has 0 atom stereocenters. The van der Waals surface area contributed by atoms with Crippen molar-refractivity contribution in [3.63, 3.8) is 0 Å². The summed E-state index contributed by atoms with van der Waals surface area (Å²) in [5, 5.41) is 8.96. The minimum atomic E-state index is -0.981. The van der Waals surface area contributed by atoms with Gasteiger partial charge in [-0.15, -0.1) is 11.3 Å². The molecule has 0 amide bonds. The second-order valence-electron chi connectivity index (χ2n) is 3.72. The number of hydrogen-bond donors (Lipinski definition) is 2. The molecule has 1 aromatic heterocycles. The number of carbonyl (C=O) groups is 1. The lowest BCUT2D eigenvalue weighted by Crippen LogP contribution is -1.96. The molecule has 0 bridgehead atoms. The largest absolute Gasteiger partial charge is 0.477 e. The molecule has 2 aromatic rings. The van der Waals surface area contributed by atoms with Crippen LogP contribution in [0, 0.1) is 6.92 Å². The lowest BCUT2D eigenvalue weighted by Gasteiger charge is -2.00. The molecule has 0 aliphatic heterocycles. The summed E-state index contributed by atoms with van der Waals surface area (Å²) in [7, 11) is 0. The minimum absolute atomic E-state index is 0.192. The van der Waals surface area contributed by atoms with E-state index in [4.69, 9.17) is 10.8 Å². The van der Waals surface area contributed by atoms with Gasteiger partial charge in [0.15, 0.2) is 0 Å². The maximum absolute atomic E-state index is 10.9. The van der Waals surface area contributed by atoms with Crippen LogP contribution in [0.15, 0.2) is 28.7 Å². The second-order valence-corrected chi connectivity index (χ2v) is 5.69. The van der Waals surface area contributed by atoms with E-state index >= 15 is 0 Å². The summed E-state index contributed by atoms with van der Waals surface area (Å²) in [6.45, 7) is 1.99. The number of nitrogen functional groups attached to an aromatic ring is 1. The Morgan fingerprint density at radius 2 is 2.06 bits per heavy atom. The number of thiophene rings is 1. The number of carboxylic acid groups (broad SMARTS) is 1. The van der Waals surface area contributed by atoms with E-state index in [2.05, 4.69) is 15.9 Å². The molecule has 0 radical (unpaired) electrons. The smallest absolute Gasteiger partial charge is 0.348 e. The molecule has 0 saturated carbocycles. The highest BCUT2D eigenvalue weighted by molar-refractivity contribution is 9.10. The summed E-state index contributed by atoms with van der Waals surface area (Å²) in [4.78, 5) is 12.0. The Morgan fingerprint density at radius 1 is 1.35 bits per heavy atom. The number of benzene rings is 1. The maximum Gasteiger partial charge on any atom is 0.348 e. The van der Waals surface area contributed by atoms with Gasteiger partial charge in [-0.05, 0) is 36.2 Å². The number of rotatable bonds is 2. The summed E-state index contributed by atoms with van der Waals surface area (Å²) < 4.78 is 0.969. The fourth-order valence-corrected chi connectivity index (χ4v) is 3.11. The van der Waals surface area contributed by atoms with E-state index in [1.54, 1.807) is 6.07 Å². The average molecular weight is 312 g/mol. The molecule has 0 fully saturated rings. The Labute approximate surface area is 111 Å². The third-order valence-corrected chi connectivity index (χ3v) is 3.93. The molecule has 1 heterocycles. The molecule has 0 spiro atoms. The highest BCUT2D eigenvalue weighted by atomic mass is 79.9. The van der Waals surface area contributed by atoms with Crippen LogP contribution in [0.2, 0.25) is 0 Å². The molecule has 1 aromatic carbocycles. The van der Waals surface area contributed by atoms with Crippen molar-refractivity contribution in [1.82, 2.24) is 0 Å². The predicted molar refractivity (Wildman–Crippen MR) is 73.6 cm³/mol. The summed E-state index contributed by atoms with van der Waals surface area (Å²) in [5.41, 5.74) is 8.07. The van der Waals surface area contributed by atoms with E-state index in [1.165, 1.54) is 11.3 Å². The van der Waals surface area contributed by atoms with Gasteiger partial charge in [0, 0.05) is 9.35 Å². The van der Waals surface area contributed by atoms with Crippen molar-refractivity contribution in [2.45, 2.75) is 6.92 Å². The summed E-state index contributed by atoms with van der Waals surface area (Å²) >= 11 is 4.61. The van der Waals surface area contributed by atoms with Crippen LogP contribution in [0.5, 0.6) is 0 Å². The fraction of sp³-hybridized carbons (Fsp3) is 0.0833. The molecule has 3 N–H and O–H groups in total. The first kappa shape index (κ1) is 12.1. The molecular weight excluding hydrogens is 302 g/mol. The number of anilines is 1. The normalized spacial score (nSPS) is 10.5. The first-order chi connectivity index (χ1) is 7.97. The molecule has 0 aliphatic carbocycles. The monoisotopic (exact) mass is 311 g/mol. The van der Waals surface area contributed by atoms with E-state index in [0.29, 0.717) is 5.69 Å². The van der Waals surface area contributed by atoms with Crippen molar-refractivity contribution >= 4 is 38.9 Å². The van der Waals surface area contributed by atoms with Gasteiger partial charge < -0.3 is 10.8 Å². The van der Waals surface area contributed by atoms with Crippen molar-refractivity contribution in [2.24, 2.45) is 0 Å². The van der Waals surface area contributed by atoms with Gasteiger partial charge in [0.1, 0.15) is 4.88 Å². The number of nitrogens with two attached hydrogens (primary N) is 1. The third kappa shape index (κ3) is 2.50. The van der Waals surface area contributed by atoms with Crippen LogP contribution in [0.1, 0.15) is 15.2 Å². The van der Waals surface area contributed by atoms with Crippen LogP contribution in [0.3, 0.4) is 0 Å². The zero-order chi connectivity index (χ0) is 12.6. The molecule has 17 heavy (non-hydrogen) atoms. The van der Waals surface area contributed by atoms with Gasteiger partial charge in [-0.1, -0.05) is 22.0 Å². The quantitative estimate of drug-likeness (QED) is 0.887. The van der Waals surface area contributed by atoms with Gasteiger partial charge >= 0.3 is 5.97 Å². The maximum atomic E-state index is 10.9. The molecule has 88 valence electrons. The Balaban J connectivity index is 2.53. The van der Waals surface area contributed by atoms with E-state index in [1.807, 2.05) is 25.1 Å². The number of halogens is 1. The molecule has 0 saturated heterocycles. The van der Waals surface area contributed by atoms with Crippen LogP contribution < -0.4 is 5.73 Å². The third-order valence-electron chi connectivity index (χ3n) is 2.28. The predicted octanol–water partition coefficient (Wildman–Crippen LogP) is 3.77. The van der Waals surface area contributed by atoms with Crippen LogP contribution in [-0.2, 0) is 0 Å². The molecule has 0 aliphatic rings. The molecule has 3 nitrogen and oxygen atoms in total. The Bertz CT molecular complexity index is 572. The zero-order valence-corrected chi connectivity index (χ0v) is 11.4.